The van der Waals surface area contributed by atoms with Crippen LogP contribution in [0, 0.1) is 0 Å². The van der Waals surface area contributed by atoms with Crippen LogP contribution in [0.2, 0.25) is 20.2 Å². The molecule has 3 aromatic carbocycles. The van der Waals surface area contributed by atoms with E-state index in [9.17, 15) is 10.2 Å². The van der Waals surface area contributed by atoms with Crippen molar-refractivity contribution in [3.63, 3.8) is 0 Å². The Morgan fingerprint density at radius 3 is 1.24 bits per heavy atom. The van der Waals surface area contributed by atoms with Gasteiger partial charge in [-0.25, -0.2) is 29.9 Å². The van der Waals surface area contributed by atoms with Crippen LogP contribution in [0.4, 0.5) is 11.6 Å². The van der Waals surface area contributed by atoms with Crippen molar-refractivity contribution in [2.75, 3.05) is 44.5 Å². The minimum Gasteiger partial charge on any atom is -0.387 e. The van der Waals surface area contributed by atoms with Crippen molar-refractivity contribution in [3.8, 4) is 0 Å². The van der Waals surface area contributed by atoms with Crippen LogP contribution in [-0.2, 0) is 66.6 Å². The van der Waals surface area contributed by atoms with Crippen LogP contribution in [0.25, 0.3) is 33.1 Å². The Balaban J connectivity index is 0.000000120. The standard InChI is InChI=1S/C23H25ClN4O4.C22H21Cl2N3O4.C20H21ClN4O4.CH4/c1-23(2)31-18-17(16-14-5-4-13(24)10-12(14)7-9-29-16)30-22(19(18)32-23)28-8-6-15-20(25-3)26-11-27-21(15)28;1-22(2)30-17-16(15-13-4-3-12(23)9-11(13)6-8-28-15)29-21(18(17)31-22)27-7-5-14-19(24)25-10-26-20(14)27;1-22-18-13-4-6-25(19(13)24-9-23-18)20-15(27)14(26)17(29-20)16-12-3-2-11(21)8-10(12)5-7-28-16;/h4-6,8,10-11,16-19,22H,7,9H2,1-3H3,(H,25,26,27);3-5,7,9-10,15-18,21H,6,8H2,1-2H3;2-4,6,8-9,14-17,20,26-27H,5,7H2,1H3,(H,22,23,24);1H4/t16-,17-,18-,19-,22-;15-,16-,17-,18-,21-;14-,15+,16+,17-,20+;/m110./s1. The molecule has 8 aliphatic rings. The average Bonchev–Trinajstić information content (AvgIpc) is 1.59. The van der Waals surface area contributed by atoms with Crippen molar-refractivity contribution in [3.05, 3.63) is 164 Å². The highest BCUT2D eigenvalue weighted by atomic mass is 35.5. The molecule has 93 heavy (non-hydrogen) atoms. The zero-order chi connectivity index (χ0) is 63.5. The molecule has 0 saturated carbocycles. The molecule has 0 radical (unpaired) electrons. The van der Waals surface area contributed by atoms with Crippen molar-refractivity contribution >= 4 is 91.1 Å². The second-order valence-corrected chi connectivity index (χ2v) is 26.4. The minimum atomic E-state index is -1.13. The minimum absolute atomic E-state index is 0. The number of aliphatic hydroxyl groups is 2. The van der Waals surface area contributed by atoms with Crippen LogP contribution in [0.15, 0.2) is 110 Å². The Bertz CT molecular complexity index is 4250. The van der Waals surface area contributed by atoms with Crippen molar-refractivity contribution in [2.45, 2.75) is 158 Å². The molecule has 23 nitrogen and oxygen atoms in total. The lowest BCUT2D eigenvalue weighted by molar-refractivity contribution is -0.212. The lowest BCUT2D eigenvalue weighted by Gasteiger charge is -2.33. The number of hydrogen-bond acceptors (Lipinski definition) is 20. The lowest BCUT2D eigenvalue weighted by atomic mass is 9.92. The number of nitrogens with one attached hydrogen (secondary N) is 2. The van der Waals surface area contributed by atoms with Crippen LogP contribution in [-0.4, -0.2) is 154 Å². The Hall–Kier alpha value is -6.20. The Kier molecular flexibility index (Phi) is 17.5. The normalized spacial score (nSPS) is 30.3. The van der Waals surface area contributed by atoms with Gasteiger partial charge in [-0.15, -0.1) is 0 Å². The highest BCUT2D eigenvalue weighted by Gasteiger charge is 2.61. The lowest BCUT2D eigenvalue weighted by Crippen LogP contribution is -2.37. The quantitative estimate of drug-likeness (QED) is 0.103. The number of nitrogens with zero attached hydrogens (tertiary/aromatic N) is 9. The van der Waals surface area contributed by atoms with E-state index in [1.165, 1.54) is 23.8 Å². The molecule has 490 valence electrons. The molecule has 8 aliphatic heterocycles. The molecular weight excluding hydrogens is 1280 g/mol. The van der Waals surface area contributed by atoms with Gasteiger partial charge in [0, 0.05) is 47.8 Å². The number of hydrogen-bond donors (Lipinski definition) is 4. The van der Waals surface area contributed by atoms with Gasteiger partial charge in [-0.3, -0.25) is 0 Å². The molecule has 5 fully saturated rings. The molecule has 15 atom stereocenters. The highest BCUT2D eigenvalue weighted by Crippen LogP contribution is 2.52. The molecule has 0 spiro atoms. The fourth-order valence-electron chi connectivity index (χ4n) is 14.4. The van der Waals surface area contributed by atoms with Crippen molar-refractivity contribution in [2.24, 2.45) is 0 Å². The van der Waals surface area contributed by atoms with E-state index in [1.807, 2.05) is 123 Å². The largest absolute Gasteiger partial charge is 0.387 e. The summed E-state index contributed by atoms with van der Waals surface area (Å²) < 4.78 is 68.8. The van der Waals surface area contributed by atoms with Gasteiger partial charge >= 0.3 is 0 Å². The molecule has 0 unspecified atom stereocenters. The maximum atomic E-state index is 10.8. The smallest absolute Gasteiger partial charge is 0.164 e. The number of ether oxygens (including phenoxy) is 10. The van der Waals surface area contributed by atoms with Gasteiger partial charge < -0.3 is 81.9 Å². The summed E-state index contributed by atoms with van der Waals surface area (Å²) in [5.74, 6) is -0.00547. The molecule has 6 aromatic heterocycles. The van der Waals surface area contributed by atoms with Gasteiger partial charge in [0.2, 0.25) is 0 Å². The van der Waals surface area contributed by atoms with Crippen LogP contribution in [0.3, 0.4) is 0 Å². The fraction of sp³-hybridized carbons (Fsp3) is 0.455. The number of aromatic nitrogens is 9. The molecule has 0 aliphatic carbocycles. The third-order valence-electron chi connectivity index (χ3n) is 18.3. The molecule has 14 heterocycles. The first-order valence-electron chi connectivity index (χ1n) is 30.6. The van der Waals surface area contributed by atoms with Crippen molar-refractivity contribution in [1.29, 1.82) is 0 Å². The summed E-state index contributed by atoms with van der Waals surface area (Å²) in [4.78, 5) is 25.9. The van der Waals surface area contributed by atoms with Gasteiger partial charge in [-0.1, -0.05) is 72.0 Å². The maximum absolute atomic E-state index is 10.8. The topological polar surface area (TPSA) is 249 Å². The van der Waals surface area contributed by atoms with Gasteiger partial charge in [-0.2, -0.15) is 0 Å². The summed E-state index contributed by atoms with van der Waals surface area (Å²) in [6.07, 6.45) is 4.89. The molecule has 0 amide bonds. The zero-order valence-electron chi connectivity index (χ0n) is 50.8. The number of anilines is 2. The van der Waals surface area contributed by atoms with E-state index < -0.39 is 54.7 Å². The SMILES string of the molecule is C.CC1(C)O[C@H]2[C@@H](O1)[C@H](n1ccc3c(Cl)ncnc31)O[C@@H]2[C@@H]1OCCc2cc(Cl)ccc21.CNc1ncnc2c1ccn2[C@@H]1O[C@H]([C@@H]2OCCc3cc(Cl)ccc32)[C@@H](O)[C@H]1O.CNc1ncnc2c1ccn2[C@@H]1O[C@H]([C@@H]2OCCc3cc(Cl)ccc32)[C@H]2OC(C)(C)O[C@H]21. The van der Waals surface area contributed by atoms with Crippen LogP contribution in [0.1, 0.15) is 105 Å². The van der Waals surface area contributed by atoms with E-state index in [4.69, 9.17) is 93.8 Å². The molecule has 9 aromatic rings. The van der Waals surface area contributed by atoms with Gasteiger partial charge in [0.15, 0.2) is 30.3 Å². The third kappa shape index (κ3) is 11.6. The Labute approximate surface area is 555 Å². The van der Waals surface area contributed by atoms with E-state index in [-0.39, 0.29) is 56.3 Å². The average molecular weight is 1350 g/mol. The van der Waals surface area contributed by atoms with Gasteiger partial charge in [0.25, 0.3) is 0 Å². The summed E-state index contributed by atoms with van der Waals surface area (Å²) >= 11 is 24.9. The summed E-state index contributed by atoms with van der Waals surface area (Å²) in [6, 6.07) is 23.2. The van der Waals surface area contributed by atoms with E-state index in [2.05, 4.69) is 40.5 Å². The molecule has 0 bridgehead atoms. The first kappa shape index (κ1) is 64.2. The highest BCUT2D eigenvalue weighted by molar-refractivity contribution is 6.34. The monoisotopic (exact) mass is 1350 g/mol. The first-order chi connectivity index (χ1) is 44.4. The Morgan fingerprint density at radius 2 is 0.806 bits per heavy atom. The number of benzene rings is 3. The van der Waals surface area contributed by atoms with Gasteiger partial charge in [-0.05, 0) is 135 Å². The third-order valence-corrected chi connectivity index (χ3v) is 19.3. The number of fused-ring (bicyclic) bond motifs is 8. The predicted molar refractivity (Wildman–Crippen MR) is 346 cm³/mol. The number of aliphatic hydroxyl groups excluding tert-OH is 2. The summed E-state index contributed by atoms with van der Waals surface area (Å²) in [5.41, 5.74) is 8.61. The molecular formula is C66H71Cl4N11O12. The summed E-state index contributed by atoms with van der Waals surface area (Å²) in [7, 11) is 3.63. The summed E-state index contributed by atoms with van der Waals surface area (Å²) in [5, 5.41) is 32.7. The zero-order valence-corrected chi connectivity index (χ0v) is 53.8. The number of rotatable bonds is 8. The van der Waals surface area contributed by atoms with Crippen LogP contribution < -0.4 is 10.6 Å². The fourth-order valence-corrected chi connectivity index (χ4v) is 15.2. The second kappa shape index (κ2) is 25.4. The molecule has 4 N–H and O–H groups in total. The van der Waals surface area contributed by atoms with Crippen LogP contribution >= 0.6 is 46.4 Å². The van der Waals surface area contributed by atoms with Crippen molar-refractivity contribution < 1.29 is 57.6 Å². The van der Waals surface area contributed by atoms with E-state index in [0.717, 1.165) is 79.2 Å². The first-order valence-corrected chi connectivity index (χ1v) is 32.1. The van der Waals surface area contributed by atoms with E-state index in [0.29, 0.717) is 47.1 Å². The van der Waals surface area contributed by atoms with Gasteiger partial charge in [0.1, 0.15) is 126 Å². The van der Waals surface area contributed by atoms with Crippen molar-refractivity contribution in [1.82, 2.24) is 43.6 Å². The van der Waals surface area contributed by atoms with E-state index in [1.54, 1.807) is 30.2 Å². The Morgan fingerprint density at radius 1 is 0.441 bits per heavy atom. The summed E-state index contributed by atoms with van der Waals surface area (Å²) in [6.45, 7) is 9.41. The molecule has 27 heteroatoms. The number of halogens is 4. The van der Waals surface area contributed by atoms with Crippen LogP contribution in [0.5, 0.6) is 0 Å². The van der Waals surface area contributed by atoms with Gasteiger partial charge in [0.05, 0.1) is 36.0 Å². The molecule has 17 rings (SSSR count). The second-order valence-electron chi connectivity index (χ2n) is 24.7. The maximum Gasteiger partial charge on any atom is 0.164 e. The van der Waals surface area contributed by atoms with E-state index >= 15 is 0 Å². The predicted octanol–water partition coefficient (Wildman–Crippen LogP) is 11.0. The molecule has 5 saturated heterocycles.